The van der Waals surface area contributed by atoms with Crippen molar-refractivity contribution in [3.8, 4) is 0 Å². The number of hydrogen-bond donors (Lipinski definition) is 2. The van der Waals surface area contributed by atoms with Gasteiger partial charge in [-0.05, 0) is 62.5 Å². The number of carbonyl (C=O) groups excluding carboxylic acids is 1. The first-order chi connectivity index (χ1) is 14.6. The molecule has 1 spiro atoms. The number of aryl methyl sites for hydroxylation is 1. The van der Waals surface area contributed by atoms with Gasteiger partial charge in [-0.2, -0.15) is 13.2 Å². The lowest BCUT2D eigenvalue weighted by Gasteiger charge is -2.40. The standard InChI is InChI=1S/C20H24N2OS.C2HF3O2/c1-15-6-7-18(24-15)14-22-10-8-20(9-11-22)12-16-4-2-3-5-17(16)13-21-19(20)23;3-2(4,5)1(6)7/h2-7H,8-14H2,1H3,(H,21,23);(H,6,7). The molecule has 2 aromatic rings. The van der Waals surface area contributed by atoms with Crippen molar-refractivity contribution in [1.29, 1.82) is 0 Å². The maximum Gasteiger partial charge on any atom is 0.490 e. The van der Waals surface area contributed by atoms with Crippen LogP contribution in [-0.4, -0.2) is 41.1 Å². The number of carboxylic acid groups (broad SMARTS) is 1. The third-order valence-electron chi connectivity index (χ3n) is 5.80. The highest BCUT2D eigenvalue weighted by Gasteiger charge is 2.43. The summed E-state index contributed by atoms with van der Waals surface area (Å²) in [6.07, 6.45) is -2.28. The molecule has 0 saturated carbocycles. The van der Waals surface area contributed by atoms with E-state index in [4.69, 9.17) is 9.90 Å². The van der Waals surface area contributed by atoms with Gasteiger partial charge >= 0.3 is 12.1 Å². The third-order valence-corrected chi connectivity index (χ3v) is 6.78. The number of fused-ring (bicyclic) bond motifs is 1. The molecule has 168 valence electrons. The molecular weight excluding hydrogens is 429 g/mol. The quantitative estimate of drug-likeness (QED) is 0.716. The van der Waals surface area contributed by atoms with E-state index in [-0.39, 0.29) is 11.3 Å². The Morgan fingerprint density at radius 1 is 1.16 bits per heavy atom. The van der Waals surface area contributed by atoms with E-state index in [1.165, 1.54) is 20.9 Å². The summed E-state index contributed by atoms with van der Waals surface area (Å²) in [5.41, 5.74) is 2.41. The fourth-order valence-electron chi connectivity index (χ4n) is 4.04. The first-order valence-electron chi connectivity index (χ1n) is 10.0. The van der Waals surface area contributed by atoms with E-state index in [0.29, 0.717) is 6.54 Å². The minimum absolute atomic E-state index is 0.214. The lowest BCUT2D eigenvalue weighted by molar-refractivity contribution is -0.192. The van der Waals surface area contributed by atoms with Gasteiger partial charge in [0.2, 0.25) is 5.91 Å². The van der Waals surface area contributed by atoms with Crippen molar-refractivity contribution >= 4 is 23.2 Å². The lowest BCUT2D eigenvalue weighted by Crippen LogP contribution is -2.48. The number of piperidine rings is 1. The SMILES string of the molecule is Cc1ccc(CN2CCC3(CC2)Cc2ccccc2CNC3=O)s1.O=C(O)C(F)(F)F. The summed E-state index contributed by atoms with van der Waals surface area (Å²) < 4.78 is 31.7. The van der Waals surface area contributed by atoms with Gasteiger partial charge in [-0.1, -0.05) is 24.3 Å². The number of carbonyl (C=O) groups is 2. The molecule has 3 heterocycles. The van der Waals surface area contributed by atoms with E-state index in [1.54, 1.807) is 0 Å². The number of halogens is 3. The predicted molar refractivity (Wildman–Crippen MR) is 112 cm³/mol. The fraction of sp³-hybridized carbons (Fsp3) is 0.455. The number of thiophene rings is 1. The molecule has 0 radical (unpaired) electrons. The normalized spacial score (nSPS) is 18.4. The molecule has 0 unspecified atom stereocenters. The molecule has 1 saturated heterocycles. The Morgan fingerprint density at radius 2 is 1.77 bits per heavy atom. The van der Waals surface area contributed by atoms with Crippen LogP contribution in [0.25, 0.3) is 0 Å². The highest BCUT2D eigenvalue weighted by molar-refractivity contribution is 7.11. The number of carboxylic acids is 1. The van der Waals surface area contributed by atoms with Gasteiger partial charge in [-0.15, -0.1) is 11.3 Å². The molecule has 0 aliphatic carbocycles. The van der Waals surface area contributed by atoms with E-state index in [2.05, 4.69) is 53.5 Å². The fourth-order valence-corrected chi connectivity index (χ4v) is 4.98. The summed E-state index contributed by atoms with van der Waals surface area (Å²) in [7, 11) is 0. The Bertz CT molecular complexity index is 934. The number of amides is 1. The molecule has 1 aromatic heterocycles. The zero-order valence-corrected chi connectivity index (χ0v) is 18.0. The molecule has 4 rings (SSSR count). The molecule has 0 atom stereocenters. The van der Waals surface area contributed by atoms with Crippen molar-refractivity contribution in [3.05, 3.63) is 57.3 Å². The van der Waals surface area contributed by atoms with Gasteiger partial charge in [0.1, 0.15) is 0 Å². The van der Waals surface area contributed by atoms with Crippen molar-refractivity contribution < 1.29 is 27.9 Å². The molecule has 2 aliphatic rings. The number of rotatable bonds is 2. The topological polar surface area (TPSA) is 69.6 Å². The van der Waals surface area contributed by atoms with Crippen LogP contribution >= 0.6 is 11.3 Å². The van der Waals surface area contributed by atoms with Gasteiger partial charge in [-0.3, -0.25) is 9.69 Å². The second-order valence-corrected chi connectivity index (χ2v) is 9.37. The molecule has 1 aromatic carbocycles. The molecule has 1 amide bonds. The smallest absolute Gasteiger partial charge is 0.475 e. The molecule has 2 aliphatic heterocycles. The van der Waals surface area contributed by atoms with Crippen molar-refractivity contribution in [1.82, 2.24) is 10.2 Å². The van der Waals surface area contributed by atoms with E-state index >= 15 is 0 Å². The van der Waals surface area contributed by atoms with Crippen molar-refractivity contribution in [2.75, 3.05) is 13.1 Å². The Morgan fingerprint density at radius 3 is 2.32 bits per heavy atom. The van der Waals surface area contributed by atoms with Gasteiger partial charge in [-0.25, -0.2) is 4.79 Å². The second-order valence-electron chi connectivity index (χ2n) is 8.00. The van der Waals surface area contributed by atoms with Crippen molar-refractivity contribution in [2.45, 2.75) is 45.5 Å². The van der Waals surface area contributed by atoms with Crippen LogP contribution in [0.5, 0.6) is 0 Å². The third kappa shape index (κ3) is 5.86. The predicted octanol–water partition coefficient (Wildman–Crippen LogP) is 4.14. The number of aliphatic carboxylic acids is 1. The highest BCUT2D eigenvalue weighted by Crippen LogP contribution is 2.38. The monoisotopic (exact) mass is 454 g/mol. The summed E-state index contributed by atoms with van der Waals surface area (Å²) in [5.74, 6) is -2.50. The zero-order valence-electron chi connectivity index (χ0n) is 17.2. The second kappa shape index (κ2) is 9.40. The number of nitrogens with one attached hydrogen (secondary N) is 1. The first-order valence-corrected chi connectivity index (χ1v) is 10.8. The van der Waals surface area contributed by atoms with Crippen LogP contribution in [0, 0.1) is 12.3 Å². The summed E-state index contributed by atoms with van der Waals surface area (Å²) in [6, 6.07) is 12.9. The highest BCUT2D eigenvalue weighted by atomic mass is 32.1. The molecule has 9 heteroatoms. The van der Waals surface area contributed by atoms with Crippen LogP contribution in [0.15, 0.2) is 36.4 Å². The van der Waals surface area contributed by atoms with E-state index in [9.17, 15) is 18.0 Å². The number of alkyl halides is 3. The number of hydrogen-bond acceptors (Lipinski definition) is 4. The molecule has 5 nitrogen and oxygen atoms in total. The first kappa shape index (κ1) is 23.3. The van der Waals surface area contributed by atoms with Gasteiger partial charge in [0.15, 0.2) is 0 Å². The summed E-state index contributed by atoms with van der Waals surface area (Å²) in [6.45, 7) is 5.87. The zero-order chi connectivity index (χ0) is 22.6. The molecule has 2 N–H and O–H groups in total. The minimum atomic E-state index is -5.08. The van der Waals surface area contributed by atoms with Gasteiger partial charge < -0.3 is 10.4 Å². The van der Waals surface area contributed by atoms with Crippen LogP contribution in [0.3, 0.4) is 0 Å². The Hall–Kier alpha value is -2.39. The van der Waals surface area contributed by atoms with E-state index < -0.39 is 12.1 Å². The van der Waals surface area contributed by atoms with Crippen LogP contribution in [0.2, 0.25) is 0 Å². The van der Waals surface area contributed by atoms with Crippen molar-refractivity contribution in [2.24, 2.45) is 5.41 Å². The number of benzene rings is 1. The summed E-state index contributed by atoms with van der Waals surface area (Å²) >= 11 is 1.88. The Kier molecular flexibility index (Phi) is 7.06. The van der Waals surface area contributed by atoms with Crippen LogP contribution < -0.4 is 5.32 Å². The van der Waals surface area contributed by atoms with Crippen LogP contribution in [0.4, 0.5) is 13.2 Å². The Labute approximate surface area is 182 Å². The van der Waals surface area contributed by atoms with Crippen molar-refractivity contribution in [3.63, 3.8) is 0 Å². The number of likely N-dealkylation sites (tertiary alicyclic amines) is 1. The maximum atomic E-state index is 12.8. The van der Waals surface area contributed by atoms with Gasteiger partial charge in [0.05, 0.1) is 5.41 Å². The van der Waals surface area contributed by atoms with Crippen LogP contribution in [0.1, 0.15) is 33.7 Å². The molecule has 31 heavy (non-hydrogen) atoms. The molecular formula is C22H25F3N2O3S. The van der Waals surface area contributed by atoms with E-state index in [1.807, 2.05) is 11.3 Å². The van der Waals surface area contributed by atoms with Crippen LogP contribution in [-0.2, 0) is 29.1 Å². The largest absolute Gasteiger partial charge is 0.490 e. The average Bonchev–Trinajstić information content (AvgIpc) is 3.07. The summed E-state index contributed by atoms with van der Waals surface area (Å²) in [5, 5.41) is 10.3. The molecule has 1 fully saturated rings. The maximum absolute atomic E-state index is 12.8. The average molecular weight is 455 g/mol. The number of nitrogens with zero attached hydrogens (tertiary/aromatic N) is 1. The van der Waals surface area contributed by atoms with E-state index in [0.717, 1.165) is 38.9 Å². The summed E-state index contributed by atoms with van der Waals surface area (Å²) in [4.78, 5) is 27.0. The molecule has 0 bridgehead atoms. The van der Waals surface area contributed by atoms with Gasteiger partial charge in [0, 0.05) is 22.8 Å². The Balaban J connectivity index is 0.000000339. The lowest BCUT2D eigenvalue weighted by atomic mass is 9.73. The minimum Gasteiger partial charge on any atom is -0.475 e. The van der Waals surface area contributed by atoms with Gasteiger partial charge in [0.25, 0.3) is 0 Å².